The fraction of sp³-hybridized carbons (Fsp3) is 0.529. The highest BCUT2D eigenvalue weighted by Crippen LogP contribution is 2.08. The van der Waals surface area contributed by atoms with Gasteiger partial charge in [0.2, 0.25) is 5.91 Å². The van der Waals surface area contributed by atoms with Crippen LogP contribution in [0.25, 0.3) is 0 Å². The Balaban J connectivity index is 2.29. The van der Waals surface area contributed by atoms with Crippen molar-refractivity contribution >= 4 is 11.8 Å². The lowest BCUT2D eigenvalue weighted by molar-refractivity contribution is -0.120. The summed E-state index contributed by atoms with van der Waals surface area (Å²) in [5.74, 6) is -0.506. The van der Waals surface area contributed by atoms with Gasteiger partial charge in [-0.15, -0.1) is 0 Å². The molecular formula is C17H25FN2O2. The molecule has 0 spiro atoms. The van der Waals surface area contributed by atoms with E-state index in [2.05, 4.69) is 24.5 Å². The Hall–Kier alpha value is -1.91. The van der Waals surface area contributed by atoms with E-state index in [1.165, 1.54) is 18.2 Å². The molecule has 4 nitrogen and oxygen atoms in total. The van der Waals surface area contributed by atoms with Crippen molar-refractivity contribution in [2.75, 3.05) is 6.54 Å². The normalized spacial score (nSPS) is 12.0. The van der Waals surface area contributed by atoms with E-state index in [-0.39, 0.29) is 24.1 Å². The Morgan fingerprint density at radius 1 is 1.18 bits per heavy atom. The summed E-state index contributed by atoms with van der Waals surface area (Å²) in [6.07, 6.45) is 3.12. The number of carbonyl (C=O) groups is 2. The van der Waals surface area contributed by atoms with Crippen LogP contribution in [0.2, 0.25) is 0 Å². The van der Waals surface area contributed by atoms with Crippen LogP contribution in [0.3, 0.4) is 0 Å². The molecule has 1 unspecified atom stereocenters. The van der Waals surface area contributed by atoms with E-state index >= 15 is 0 Å². The van der Waals surface area contributed by atoms with Gasteiger partial charge in [0.05, 0.1) is 6.54 Å². The number of hydrogen-bond acceptors (Lipinski definition) is 2. The average molecular weight is 308 g/mol. The summed E-state index contributed by atoms with van der Waals surface area (Å²) in [5, 5.41) is 5.33. The van der Waals surface area contributed by atoms with E-state index in [1.54, 1.807) is 0 Å². The van der Waals surface area contributed by atoms with Crippen molar-refractivity contribution in [2.45, 2.75) is 46.1 Å². The summed E-state index contributed by atoms with van der Waals surface area (Å²) in [6, 6.07) is 5.45. The average Bonchev–Trinajstić information content (AvgIpc) is 2.44. The molecule has 0 heterocycles. The van der Waals surface area contributed by atoms with Crippen molar-refractivity contribution in [3.8, 4) is 0 Å². The van der Waals surface area contributed by atoms with Crippen molar-refractivity contribution < 1.29 is 14.0 Å². The van der Waals surface area contributed by atoms with Gasteiger partial charge < -0.3 is 10.6 Å². The Morgan fingerprint density at radius 2 is 1.91 bits per heavy atom. The standard InChI is InChI=1S/C17H25FN2O2/c1-12(2)6-4-7-13(3)20-16(21)11-19-17(22)14-8-5-9-15(18)10-14/h5,8-10,12-13H,4,6-7,11H2,1-3H3,(H,19,22)(H,20,21). The molecule has 0 aliphatic carbocycles. The van der Waals surface area contributed by atoms with Crippen molar-refractivity contribution in [1.82, 2.24) is 10.6 Å². The number of hydrogen-bond donors (Lipinski definition) is 2. The van der Waals surface area contributed by atoms with Gasteiger partial charge in [-0.1, -0.05) is 32.8 Å². The zero-order chi connectivity index (χ0) is 16.5. The van der Waals surface area contributed by atoms with Gasteiger partial charge in [-0.05, 0) is 37.5 Å². The molecule has 0 aromatic heterocycles. The van der Waals surface area contributed by atoms with Gasteiger partial charge in [0.15, 0.2) is 0 Å². The first kappa shape index (κ1) is 18.1. The monoisotopic (exact) mass is 308 g/mol. The first-order valence-electron chi connectivity index (χ1n) is 7.71. The molecule has 122 valence electrons. The van der Waals surface area contributed by atoms with Gasteiger partial charge in [-0.3, -0.25) is 9.59 Å². The van der Waals surface area contributed by atoms with Crippen LogP contribution in [0.1, 0.15) is 50.4 Å². The zero-order valence-corrected chi connectivity index (χ0v) is 13.5. The SMILES string of the molecule is CC(C)CCCC(C)NC(=O)CNC(=O)c1cccc(F)c1. The number of amides is 2. The molecule has 0 saturated heterocycles. The minimum Gasteiger partial charge on any atom is -0.352 e. The molecule has 5 heteroatoms. The number of benzene rings is 1. The van der Waals surface area contributed by atoms with Gasteiger partial charge in [0.1, 0.15) is 5.82 Å². The van der Waals surface area contributed by atoms with Crippen LogP contribution in [0.5, 0.6) is 0 Å². The van der Waals surface area contributed by atoms with E-state index in [0.717, 1.165) is 25.3 Å². The van der Waals surface area contributed by atoms with Crippen molar-refractivity contribution in [2.24, 2.45) is 5.92 Å². The van der Waals surface area contributed by atoms with Crippen LogP contribution in [0, 0.1) is 11.7 Å². The lowest BCUT2D eigenvalue weighted by Crippen LogP contribution is -2.40. The van der Waals surface area contributed by atoms with Gasteiger partial charge in [0.25, 0.3) is 5.91 Å². The second-order valence-electron chi connectivity index (χ2n) is 5.99. The Morgan fingerprint density at radius 3 is 2.55 bits per heavy atom. The number of rotatable bonds is 8. The molecule has 0 aliphatic heterocycles. The largest absolute Gasteiger partial charge is 0.352 e. The van der Waals surface area contributed by atoms with Gasteiger partial charge in [0, 0.05) is 11.6 Å². The minimum absolute atomic E-state index is 0.0809. The maximum absolute atomic E-state index is 13.0. The summed E-state index contributed by atoms with van der Waals surface area (Å²) in [7, 11) is 0. The first-order chi connectivity index (χ1) is 10.4. The van der Waals surface area contributed by atoms with E-state index < -0.39 is 11.7 Å². The maximum Gasteiger partial charge on any atom is 0.251 e. The summed E-state index contributed by atoms with van der Waals surface area (Å²) >= 11 is 0. The van der Waals surface area contributed by atoms with Crippen LogP contribution in [0.4, 0.5) is 4.39 Å². The second kappa shape index (κ2) is 9.18. The molecule has 1 aromatic rings. The summed E-state index contributed by atoms with van der Waals surface area (Å²) in [4.78, 5) is 23.5. The molecule has 2 N–H and O–H groups in total. The van der Waals surface area contributed by atoms with Crippen LogP contribution in [-0.4, -0.2) is 24.4 Å². The highest BCUT2D eigenvalue weighted by atomic mass is 19.1. The quantitative estimate of drug-likeness (QED) is 0.776. The van der Waals surface area contributed by atoms with Crippen molar-refractivity contribution in [3.05, 3.63) is 35.6 Å². The molecule has 1 aromatic carbocycles. The van der Waals surface area contributed by atoms with Gasteiger partial charge >= 0.3 is 0 Å². The first-order valence-corrected chi connectivity index (χ1v) is 7.71. The van der Waals surface area contributed by atoms with E-state index in [1.807, 2.05) is 6.92 Å². The van der Waals surface area contributed by atoms with Crippen LogP contribution < -0.4 is 10.6 Å². The lowest BCUT2D eigenvalue weighted by Gasteiger charge is -2.15. The van der Waals surface area contributed by atoms with Crippen LogP contribution >= 0.6 is 0 Å². The smallest absolute Gasteiger partial charge is 0.251 e. The number of nitrogens with one attached hydrogen (secondary N) is 2. The minimum atomic E-state index is -0.476. The fourth-order valence-electron chi connectivity index (χ4n) is 2.12. The third-order valence-corrected chi connectivity index (χ3v) is 3.32. The third kappa shape index (κ3) is 7.20. The molecule has 1 atom stereocenters. The van der Waals surface area contributed by atoms with Gasteiger partial charge in [-0.2, -0.15) is 0 Å². The van der Waals surface area contributed by atoms with E-state index in [9.17, 15) is 14.0 Å². The molecule has 22 heavy (non-hydrogen) atoms. The second-order valence-corrected chi connectivity index (χ2v) is 5.99. The Kier molecular flexibility index (Phi) is 7.57. The molecule has 0 bridgehead atoms. The Labute approximate surface area is 131 Å². The van der Waals surface area contributed by atoms with E-state index in [4.69, 9.17) is 0 Å². The highest BCUT2D eigenvalue weighted by molar-refractivity contribution is 5.96. The molecule has 0 aliphatic rings. The number of carbonyl (C=O) groups excluding carboxylic acids is 2. The summed E-state index contributed by atoms with van der Waals surface area (Å²) < 4.78 is 13.0. The Bertz CT molecular complexity index is 503. The number of halogens is 1. The van der Waals surface area contributed by atoms with Crippen LogP contribution in [-0.2, 0) is 4.79 Å². The van der Waals surface area contributed by atoms with Crippen molar-refractivity contribution in [1.29, 1.82) is 0 Å². The maximum atomic E-state index is 13.0. The molecule has 0 saturated carbocycles. The van der Waals surface area contributed by atoms with Gasteiger partial charge in [-0.25, -0.2) is 4.39 Å². The molecule has 1 rings (SSSR count). The molecule has 0 radical (unpaired) electrons. The van der Waals surface area contributed by atoms with Crippen molar-refractivity contribution in [3.63, 3.8) is 0 Å². The highest BCUT2D eigenvalue weighted by Gasteiger charge is 2.11. The fourth-order valence-corrected chi connectivity index (χ4v) is 2.12. The molecule has 2 amide bonds. The van der Waals surface area contributed by atoms with Crippen LogP contribution in [0.15, 0.2) is 24.3 Å². The van der Waals surface area contributed by atoms with E-state index in [0.29, 0.717) is 5.92 Å². The third-order valence-electron chi connectivity index (χ3n) is 3.32. The molecular weight excluding hydrogens is 283 g/mol. The lowest BCUT2D eigenvalue weighted by atomic mass is 10.0. The topological polar surface area (TPSA) is 58.2 Å². The zero-order valence-electron chi connectivity index (χ0n) is 13.5. The summed E-state index contributed by atoms with van der Waals surface area (Å²) in [5.41, 5.74) is 0.206. The predicted molar refractivity (Wildman–Crippen MR) is 85.0 cm³/mol. The molecule has 0 fully saturated rings. The predicted octanol–water partition coefficient (Wildman–Crippen LogP) is 2.89. The summed E-state index contributed by atoms with van der Waals surface area (Å²) in [6.45, 7) is 6.19.